The SMILES string of the molecule is CC(C)CCSc1ccc(CNC(C)C)c(C(F)(F)F)c1. The van der Waals surface area contributed by atoms with Crippen molar-refractivity contribution in [1.29, 1.82) is 0 Å². The van der Waals surface area contributed by atoms with E-state index in [1.807, 2.05) is 13.8 Å². The van der Waals surface area contributed by atoms with Crippen LogP contribution in [0.5, 0.6) is 0 Å². The van der Waals surface area contributed by atoms with Gasteiger partial charge in [-0.3, -0.25) is 0 Å². The van der Waals surface area contributed by atoms with Crippen molar-refractivity contribution >= 4 is 11.8 Å². The highest BCUT2D eigenvalue weighted by atomic mass is 32.2. The minimum atomic E-state index is -4.30. The van der Waals surface area contributed by atoms with Crippen LogP contribution in [0.15, 0.2) is 23.1 Å². The van der Waals surface area contributed by atoms with Gasteiger partial charge in [0.05, 0.1) is 5.56 Å². The Morgan fingerprint density at radius 2 is 1.81 bits per heavy atom. The molecule has 0 saturated carbocycles. The first-order valence-electron chi connectivity index (χ1n) is 7.26. The lowest BCUT2D eigenvalue weighted by atomic mass is 10.1. The first-order chi connectivity index (χ1) is 9.70. The molecule has 0 unspecified atom stereocenters. The van der Waals surface area contributed by atoms with Gasteiger partial charge >= 0.3 is 6.18 Å². The fraction of sp³-hybridized carbons (Fsp3) is 0.625. The number of rotatable bonds is 7. The van der Waals surface area contributed by atoms with E-state index in [1.54, 1.807) is 12.1 Å². The van der Waals surface area contributed by atoms with Gasteiger partial charge in [0.15, 0.2) is 0 Å². The van der Waals surface area contributed by atoms with Gasteiger partial charge < -0.3 is 5.32 Å². The molecule has 0 spiro atoms. The highest BCUT2D eigenvalue weighted by Gasteiger charge is 2.33. The Labute approximate surface area is 129 Å². The summed E-state index contributed by atoms with van der Waals surface area (Å²) in [6.07, 6.45) is -3.30. The van der Waals surface area contributed by atoms with Gasteiger partial charge in [-0.1, -0.05) is 33.8 Å². The maximum atomic E-state index is 13.2. The number of hydrogen-bond donors (Lipinski definition) is 1. The van der Waals surface area contributed by atoms with Gasteiger partial charge in [-0.05, 0) is 35.8 Å². The van der Waals surface area contributed by atoms with Crippen LogP contribution in [0.3, 0.4) is 0 Å². The molecule has 0 fully saturated rings. The highest BCUT2D eigenvalue weighted by molar-refractivity contribution is 7.99. The molecule has 21 heavy (non-hydrogen) atoms. The van der Waals surface area contributed by atoms with Gasteiger partial charge in [0, 0.05) is 17.5 Å². The van der Waals surface area contributed by atoms with Crippen molar-refractivity contribution in [3.8, 4) is 0 Å². The minimum absolute atomic E-state index is 0.158. The van der Waals surface area contributed by atoms with Crippen LogP contribution in [0.2, 0.25) is 0 Å². The summed E-state index contributed by atoms with van der Waals surface area (Å²) >= 11 is 1.49. The van der Waals surface area contributed by atoms with Crippen molar-refractivity contribution in [2.45, 2.75) is 57.8 Å². The van der Waals surface area contributed by atoms with Crippen molar-refractivity contribution in [3.63, 3.8) is 0 Å². The molecular weight excluding hydrogens is 295 g/mol. The molecule has 0 bridgehead atoms. The lowest BCUT2D eigenvalue weighted by molar-refractivity contribution is -0.138. The van der Waals surface area contributed by atoms with E-state index in [4.69, 9.17) is 0 Å². The van der Waals surface area contributed by atoms with Crippen LogP contribution in [0.25, 0.3) is 0 Å². The summed E-state index contributed by atoms with van der Waals surface area (Å²) in [5.74, 6) is 1.41. The van der Waals surface area contributed by atoms with Crippen LogP contribution >= 0.6 is 11.8 Å². The van der Waals surface area contributed by atoms with Gasteiger partial charge in [0.1, 0.15) is 0 Å². The number of benzene rings is 1. The van der Waals surface area contributed by atoms with Gasteiger partial charge in [-0.25, -0.2) is 0 Å². The zero-order valence-corrected chi connectivity index (χ0v) is 13.9. The number of thioether (sulfide) groups is 1. The highest BCUT2D eigenvalue weighted by Crippen LogP contribution is 2.35. The third kappa shape index (κ3) is 6.74. The number of hydrogen-bond acceptors (Lipinski definition) is 2. The molecule has 0 heterocycles. The standard InChI is InChI=1S/C16H24F3NS/c1-11(2)7-8-21-14-6-5-13(10-20-12(3)4)15(9-14)16(17,18)19/h5-6,9,11-12,20H,7-8,10H2,1-4H3. The van der Waals surface area contributed by atoms with Gasteiger partial charge in [0.25, 0.3) is 0 Å². The van der Waals surface area contributed by atoms with Gasteiger partial charge in [-0.15, -0.1) is 11.8 Å². The molecule has 120 valence electrons. The molecule has 5 heteroatoms. The minimum Gasteiger partial charge on any atom is -0.310 e. The molecule has 0 atom stereocenters. The second-order valence-electron chi connectivity index (χ2n) is 5.88. The predicted molar refractivity (Wildman–Crippen MR) is 83.6 cm³/mol. The second kappa shape index (κ2) is 8.08. The molecular formula is C16H24F3NS. The summed E-state index contributed by atoms with van der Waals surface area (Å²) in [6, 6.07) is 4.82. The van der Waals surface area contributed by atoms with Crippen molar-refractivity contribution in [2.24, 2.45) is 5.92 Å². The Kier molecular flexibility index (Phi) is 7.07. The lowest BCUT2D eigenvalue weighted by Gasteiger charge is -2.16. The van der Waals surface area contributed by atoms with E-state index < -0.39 is 11.7 Å². The first kappa shape index (κ1) is 18.4. The Hall–Kier alpha value is -0.680. The largest absolute Gasteiger partial charge is 0.416 e. The third-order valence-corrected chi connectivity index (χ3v) is 4.08. The van der Waals surface area contributed by atoms with Crippen LogP contribution in [0.1, 0.15) is 45.2 Å². The van der Waals surface area contributed by atoms with Crippen LogP contribution in [-0.4, -0.2) is 11.8 Å². The molecule has 0 saturated heterocycles. The van der Waals surface area contributed by atoms with E-state index in [0.717, 1.165) is 12.2 Å². The molecule has 0 aromatic heterocycles. The Bertz CT molecular complexity index is 442. The monoisotopic (exact) mass is 319 g/mol. The molecule has 0 aliphatic carbocycles. The van der Waals surface area contributed by atoms with Crippen molar-refractivity contribution in [1.82, 2.24) is 5.32 Å². The molecule has 0 aliphatic rings. The lowest BCUT2D eigenvalue weighted by Crippen LogP contribution is -2.23. The van der Waals surface area contributed by atoms with Crippen LogP contribution in [-0.2, 0) is 12.7 Å². The van der Waals surface area contributed by atoms with Gasteiger partial charge in [0.2, 0.25) is 0 Å². The summed E-state index contributed by atoms with van der Waals surface area (Å²) in [5, 5.41) is 3.05. The van der Waals surface area contributed by atoms with E-state index in [0.29, 0.717) is 16.4 Å². The molecule has 0 radical (unpaired) electrons. The Morgan fingerprint density at radius 3 is 2.33 bits per heavy atom. The maximum absolute atomic E-state index is 13.2. The average Bonchev–Trinajstić information content (AvgIpc) is 2.35. The molecule has 1 nitrogen and oxygen atoms in total. The second-order valence-corrected chi connectivity index (χ2v) is 7.05. The zero-order chi connectivity index (χ0) is 16.0. The summed E-state index contributed by atoms with van der Waals surface area (Å²) in [7, 11) is 0. The number of halogens is 3. The Morgan fingerprint density at radius 1 is 1.14 bits per heavy atom. The van der Waals surface area contributed by atoms with E-state index in [1.165, 1.54) is 17.8 Å². The quantitative estimate of drug-likeness (QED) is 0.681. The van der Waals surface area contributed by atoms with Crippen molar-refractivity contribution in [3.05, 3.63) is 29.3 Å². The van der Waals surface area contributed by atoms with E-state index in [2.05, 4.69) is 19.2 Å². The molecule has 0 amide bonds. The summed E-state index contributed by atoms with van der Waals surface area (Å²) in [5.41, 5.74) is -0.213. The van der Waals surface area contributed by atoms with E-state index in [9.17, 15) is 13.2 Å². The summed E-state index contributed by atoms with van der Waals surface area (Å²) < 4.78 is 39.5. The summed E-state index contributed by atoms with van der Waals surface area (Å²) in [6.45, 7) is 8.31. The van der Waals surface area contributed by atoms with Crippen molar-refractivity contribution in [2.75, 3.05) is 5.75 Å². The first-order valence-corrected chi connectivity index (χ1v) is 8.25. The molecule has 1 N–H and O–H groups in total. The molecule has 0 aliphatic heterocycles. The predicted octanol–water partition coefficient (Wildman–Crippen LogP) is 5.34. The van der Waals surface area contributed by atoms with Crippen LogP contribution in [0, 0.1) is 5.92 Å². The van der Waals surface area contributed by atoms with E-state index in [-0.39, 0.29) is 12.6 Å². The number of alkyl halides is 3. The van der Waals surface area contributed by atoms with Crippen LogP contribution < -0.4 is 5.32 Å². The third-order valence-electron chi connectivity index (χ3n) is 3.05. The smallest absolute Gasteiger partial charge is 0.310 e. The molecule has 1 aromatic carbocycles. The fourth-order valence-corrected chi connectivity index (χ4v) is 2.98. The normalized spacial score (nSPS) is 12.4. The van der Waals surface area contributed by atoms with Crippen LogP contribution in [0.4, 0.5) is 13.2 Å². The fourth-order valence-electron chi connectivity index (χ4n) is 1.79. The zero-order valence-electron chi connectivity index (χ0n) is 13.1. The number of nitrogens with one attached hydrogen (secondary N) is 1. The average molecular weight is 319 g/mol. The van der Waals surface area contributed by atoms with Crippen molar-refractivity contribution < 1.29 is 13.2 Å². The molecule has 1 rings (SSSR count). The Balaban J connectivity index is 2.86. The summed E-state index contributed by atoms with van der Waals surface area (Å²) in [4.78, 5) is 0.691. The van der Waals surface area contributed by atoms with Gasteiger partial charge in [-0.2, -0.15) is 13.2 Å². The van der Waals surface area contributed by atoms with E-state index >= 15 is 0 Å². The molecule has 1 aromatic rings. The topological polar surface area (TPSA) is 12.0 Å². The maximum Gasteiger partial charge on any atom is 0.416 e.